The van der Waals surface area contributed by atoms with Crippen molar-refractivity contribution in [3.8, 4) is 0 Å². The summed E-state index contributed by atoms with van der Waals surface area (Å²) in [6.07, 6.45) is 62.8. The third kappa shape index (κ3) is 47.1. The summed E-state index contributed by atoms with van der Waals surface area (Å²) >= 11 is 0. The molecule has 2 unspecified atom stereocenters. The molecule has 61 heavy (non-hydrogen) atoms. The Kier molecular flexibility index (Phi) is 48.7. The first-order valence-electron chi connectivity index (χ1n) is 26.4. The molecule has 1 amide bonds. The summed E-state index contributed by atoms with van der Waals surface area (Å²) in [5.74, 6) is -0.122. The highest BCUT2D eigenvalue weighted by Gasteiger charge is 2.18. The molecule has 0 aliphatic heterocycles. The Hall–Kier alpha value is -2.18. The van der Waals surface area contributed by atoms with Crippen LogP contribution in [-0.4, -0.2) is 47.4 Å². The third-order valence-electron chi connectivity index (χ3n) is 11.8. The van der Waals surface area contributed by atoms with Crippen molar-refractivity contribution >= 4 is 11.9 Å². The van der Waals surface area contributed by atoms with Gasteiger partial charge in [0.1, 0.15) is 0 Å². The molecule has 0 heterocycles. The van der Waals surface area contributed by atoms with E-state index in [4.69, 9.17) is 4.74 Å². The van der Waals surface area contributed by atoms with Gasteiger partial charge >= 0.3 is 5.97 Å². The van der Waals surface area contributed by atoms with Gasteiger partial charge < -0.3 is 20.3 Å². The minimum Gasteiger partial charge on any atom is -0.465 e. The summed E-state index contributed by atoms with van der Waals surface area (Å²) in [5.41, 5.74) is 0. The summed E-state index contributed by atoms with van der Waals surface area (Å²) in [5, 5.41) is 22.9. The van der Waals surface area contributed by atoms with Crippen molar-refractivity contribution in [1.82, 2.24) is 5.32 Å². The van der Waals surface area contributed by atoms with E-state index in [2.05, 4.69) is 55.6 Å². The molecule has 0 aromatic heterocycles. The Morgan fingerprint density at radius 1 is 0.459 bits per heavy atom. The molecule has 6 heteroatoms. The van der Waals surface area contributed by atoms with Gasteiger partial charge in [0, 0.05) is 12.8 Å². The molecular weight excluding hydrogens is 755 g/mol. The predicted octanol–water partition coefficient (Wildman–Crippen LogP) is 15.8. The van der Waals surface area contributed by atoms with Crippen LogP contribution in [-0.2, 0) is 14.3 Å². The van der Waals surface area contributed by atoms with Crippen molar-refractivity contribution in [2.24, 2.45) is 0 Å². The van der Waals surface area contributed by atoms with Crippen LogP contribution >= 0.6 is 0 Å². The number of nitrogens with one attached hydrogen (secondary N) is 1. The van der Waals surface area contributed by atoms with Gasteiger partial charge in [0.2, 0.25) is 5.91 Å². The summed E-state index contributed by atoms with van der Waals surface area (Å²) in [6, 6.07) is -0.630. The van der Waals surface area contributed by atoms with Crippen molar-refractivity contribution in [3.63, 3.8) is 0 Å². The molecule has 0 aromatic rings. The number of esters is 1. The van der Waals surface area contributed by atoms with Gasteiger partial charge in [-0.15, -0.1) is 0 Å². The number of allylic oxidation sites excluding steroid dienone is 6. The molecule has 0 spiro atoms. The fraction of sp³-hybridized carbons (Fsp3) is 0.818. The van der Waals surface area contributed by atoms with E-state index in [0.717, 1.165) is 51.4 Å². The van der Waals surface area contributed by atoms with E-state index in [1.807, 2.05) is 6.08 Å². The number of rotatable bonds is 48. The molecular formula is C55H101NO5. The van der Waals surface area contributed by atoms with E-state index >= 15 is 0 Å². The van der Waals surface area contributed by atoms with Gasteiger partial charge in [-0.05, 0) is 77.0 Å². The third-order valence-corrected chi connectivity index (χ3v) is 11.8. The molecule has 3 N–H and O–H groups in total. The monoisotopic (exact) mass is 856 g/mol. The lowest BCUT2D eigenvalue weighted by Gasteiger charge is -2.20. The Balaban J connectivity index is 3.48. The number of hydrogen-bond donors (Lipinski definition) is 3. The molecule has 0 bridgehead atoms. The highest BCUT2D eigenvalue weighted by atomic mass is 16.5. The maximum absolute atomic E-state index is 12.4. The van der Waals surface area contributed by atoms with Crippen LogP contribution in [0.15, 0.2) is 48.6 Å². The average molecular weight is 856 g/mol. The SMILES string of the molecule is CCCCCC/C=C\CCCCCCCC(=O)OCC/C=C\C/C=C\CCCCCCCCCCCCCCCCC(=O)NC(CO)C(O)/C=C/CCCCCCCCCC. The van der Waals surface area contributed by atoms with Crippen LogP contribution in [0.2, 0.25) is 0 Å². The summed E-state index contributed by atoms with van der Waals surface area (Å²) in [4.78, 5) is 24.4. The molecule has 0 saturated carbocycles. The second kappa shape index (κ2) is 50.5. The van der Waals surface area contributed by atoms with Crippen LogP contribution in [0.4, 0.5) is 0 Å². The van der Waals surface area contributed by atoms with E-state index in [1.54, 1.807) is 6.08 Å². The Morgan fingerprint density at radius 3 is 1.28 bits per heavy atom. The van der Waals surface area contributed by atoms with Crippen LogP contribution in [0.1, 0.15) is 264 Å². The van der Waals surface area contributed by atoms with Crippen molar-refractivity contribution in [2.75, 3.05) is 13.2 Å². The molecule has 0 saturated heterocycles. The lowest BCUT2D eigenvalue weighted by Crippen LogP contribution is -2.45. The first-order valence-corrected chi connectivity index (χ1v) is 26.4. The number of amides is 1. The number of carbonyl (C=O) groups excluding carboxylic acids is 2. The first-order chi connectivity index (χ1) is 30.0. The summed E-state index contributed by atoms with van der Waals surface area (Å²) in [7, 11) is 0. The van der Waals surface area contributed by atoms with Crippen LogP contribution in [0.5, 0.6) is 0 Å². The Morgan fingerprint density at radius 2 is 0.820 bits per heavy atom. The van der Waals surface area contributed by atoms with Gasteiger partial charge in [-0.1, -0.05) is 223 Å². The number of ether oxygens (including phenoxy) is 1. The van der Waals surface area contributed by atoms with Gasteiger partial charge in [0.05, 0.1) is 25.4 Å². The fourth-order valence-electron chi connectivity index (χ4n) is 7.76. The largest absolute Gasteiger partial charge is 0.465 e. The molecule has 0 radical (unpaired) electrons. The number of hydrogen-bond acceptors (Lipinski definition) is 5. The van der Waals surface area contributed by atoms with Crippen LogP contribution in [0, 0.1) is 0 Å². The lowest BCUT2D eigenvalue weighted by atomic mass is 10.0. The number of carbonyl (C=O) groups is 2. The van der Waals surface area contributed by atoms with E-state index in [0.29, 0.717) is 19.4 Å². The maximum Gasteiger partial charge on any atom is 0.305 e. The summed E-state index contributed by atoms with van der Waals surface area (Å²) < 4.78 is 5.39. The zero-order valence-electron chi connectivity index (χ0n) is 40.4. The second-order valence-corrected chi connectivity index (χ2v) is 17.8. The fourth-order valence-corrected chi connectivity index (χ4v) is 7.76. The Labute approximate surface area is 378 Å². The topological polar surface area (TPSA) is 95.9 Å². The highest BCUT2D eigenvalue weighted by Crippen LogP contribution is 2.15. The zero-order valence-corrected chi connectivity index (χ0v) is 40.4. The Bertz CT molecular complexity index is 1040. The van der Waals surface area contributed by atoms with Gasteiger partial charge in [0.25, 0.3) is 0 Å². The van der Waals surface area contributed by atoms with Crippen molar-refractivity contribution in [3.05, 3.63) is 48.6 Å². The second-order valence-electron chi connectivity index (χ2n) is 17.8. The highest BCUT2D eigenvalue weighted by molar-refractivity contribution is 5.76. The standard InChI is InChI=1S/C55H101NO5/c1-3-5-7-9-11-13-15-25-29-33-37-41-45-49-55(60)61-50-46-42-38-34-30-27-24-22-20-18-16-17-19-21-23-26-28-32-36-40-44-48-54(59)56-52(51-57)53(58)47-43-39-35-31-14-12-10-8-6-4-2/h13,15,27,30,38,42-43,47,52-53,57-58H,3-12,14,16-26,28-29,31-37,39-41,44-46,48-51H2,1-2H3,(H,56,59)/b15-13-,30-27-,42-38-,47-43+. The van der Waals surface area contributed by atoms with Gasteiger partial charge in [0.15, 0.2) is 0 Å². The molecule has 2 atom stereocenters. The quantitative estimate of drug-likeness (QED) is 0.0322. The summed E-state index contributed by atoms with van der Waals surface area (Å²) in [6.45, 7) is 4.74. The number of aliphatic hydroxyl groups is 2. The average Bonchev–Trinajstić information content (AvgIpc) is 3.26. The van der Waals surface area contributed by atoms with Crippen molar-refractivity contribution in [2.45, 2.75) is 276 Å². The van der Waals surface area contributed by atoms with Crippen LogP contribution in [0.3, 0.4) is 0 Å². The molecule has 0 aromatic carbocycles. The van der Waals surface area contributed by atoms with E-state index in [1.165, 1.54) is 186 Å². The normalized spacial score (nSPS) is 13.0. The van der Waals surface area contributed by atoms with Crippen LogP contribution in [0.25, 0.3) is 0 Å². The molecule has 0 aliphatic rings. The zero-order chi connectivity index (χ0) is 44.4. The molecule has 0 rings (SSSR count). The molecule has 6 nitrogen and oxygen atoms in total. The van der Waals surface area contributed by atoms with Gasteiger partial charge in [-0.25, -0.2) is 0 Å². The minimum atomic E-state index is -0.846. The van der Waals surface area contributed by atoms with E-state index in [9.17, 15) is 19.8 Å². The molecule has 0 aliphatic carbocycles. The number of unbranched alkanes of at least 4 members (excludes halogenated alkanes) is 31. The predicted molar refractivity (Wildman–Crippen MR) is 264 cm³/mol. The smallest absolute Gasteiger partial charge is 0.305 e. The van der Waals surface area contributed by atoms with Crippen molar-refractivity contribution in [1.29, 1.82) is 0 Å². The van der Waals surface area contributed by atoms with Gasteiger partial charge in [-0.3, -0.25) is 9.59 Å². The van der Waals surface area contributed by atoms with Gasteiger partial charge in [-0.2, -0.15) is 0 Å². The molecule has 356 valence electrons. The van der Waals surface area contributed by atoms with Crippen molar-refractivity contribution < 1.29 is 24.5 Å². The lowest BCUT2D eigenvalue weighted by molar-refractivity contribution is -0.143. The van der Waals surface area contributed by atoms with E-state index < -0.39 is 12.1 Å². The maximum atomic E-state index is 12.4. The first kappa shape index (κ1) is 58.8. The van der Waals surface area contributed by atoms with Crippen LogP contribution < -0.4 is 5.32 Å². The molecule has 0 fully saturated rings. The number of aliphatic hydroxyl groups excluding tert-OH is 2. The van der Waals surface area contributed by atoms with E-state index in [-0.39, 0.29) is 18.5 Å². The minimum absolute atomic E-state index is 0.0461.